The maximum absolute atomic E-state index is 12.2. The van der Waals surface area contributed by atoms with Crippen molar-refractivity contribution in [3.8, 4) is 0 Å². The van der Waals surface area contributed by atoms with Crippen LogP contribution in [0.1, 0.15) is 25.0 Å². The van der Waals surface area contributed by atoms with E-state index in [1.54, 1.807) is 17.2 Å². The quantitative estimate of drug-likeness (QED) is 0.794. The second kappa shape index (κ2) is 5.66. The Hall–Kier alpha value is -1.85. The monoisotopic (exact) mass is 251 g/mol. The number of H-pyrrole nitrogens is 1. The van der Waals surface area contributed by atoms with Crippen molar-refractivity contribution in [3.63, 3.8) is 0 Å². The molecule has 1 aromatic rings. The van der Waals surface area contributed by atoms with Gasteiger partial charge in [0.25, 0.3) is 0 Å². The maximum Gasteiger partial charge on any atom is 0.328 e. The lowest BCUT2D eigenvalue weighted by atomic mass is 10.0. The summed E-state index contributed by atoms with van der Waals surface area (Å²) in [5.41, 5.74) is 0.759. The van der Waals surface area contributed by atoms with Crippen molar-refractivity contribution >= 4 is 11.9 Å². The van der Waals surface area contributed by atoms with Gasteiger partial charge in [-0.2, -0.15) is 5.10 Å². The molecule has 98 valence electrons. The summed E-state index contributed by atoms with van der Waals surface area (Å²) in [5.74, 6) is -0.387. The van der Waals surface area contributed by atoms with Crippen LogP contribution in [0.3, 0.4) is 0 Å². The van der Waals surface area contributed by atoms with Crippen LogP contribution in [0.15, 0.2) is 12.3 Å². The molecule has 1 aromatic heterocycles. The summed E-state index contributed by atoms with van der Waals surface area (Å²) >= 11 is 0. The van der Waals surface area contributed by atoms with Crippen molar-refractivity contribution in [1.82, 2.24) is 15.1 Å². The lowest BCUT2D eigenvalue weighted by Crippen LogP contribution is -2.49. The highest BCUT2D eigenvalue weighted by Crippen LogP contribution is 2.19. The fourth-order valence-corrected chi connectivity index (χ4v) is 2.26. The molecule has 1 aliphatic heterocycles. The van der Waals surface area contributed by atoms with Gasteiger partial charge < -0.3 is 9.64 Å². The highest BCUT2D eigenvalue weighted by molar-refractivity contribution is 5.85. The van der Waals surface area contributed by atoms with Gasteiger partial charge in [-0.05, 0) is 25.3 Å². The first-order chi connectivity index (χ1) is 8.72. The molecule has 2 rings (SSSR count). The molecule has 1 atom stereocenters. The number of likely N-dealkylation sites (tertiary alicyclic amines) is 1. The summed E-state index contributed by atoms with van der Waals surface area (Å²) in [6, 6.07) is 1.33. The highest BCUT2D eigenvalue weighted by Gasteiger charge is 2.32. The average molecular weight is 251 g/mol. The van der Waals surface area contributed by atoms with E-state index in [-0.39, 0.29) is 18.3 Å². The Bertz CT molecular complexity index is 416. The summed E-state index contributed by atoms with van der Waals surface area (Å²) < 4.78 is 4.75. The van der Waals surface area contributed by atoms with E-state index >= 15 is 0 Å². The number of carbonyl (C=O) groups is 2. The molecule has 0 aliphatic carbocycles. The van der Waals surface area contributed by atoms with Crippen LogP contribution in [0.4, 0.5) is 0 Å². The number of aromatic amines is 1. The molecule has 1 amide bonds. The number of ether oxygens (including phenoxy) is 1. The van der Waals surface area contributed by atoms with Crippen LogP contribution in [0, 0.1) is 0 Å². The Labute approximate surface area is 105 Å². The maximum atomic E-state index is 12.2. The number of nitrogens with zero attached hydrogens (tertiary/aromatic N) is 2. The zero-order valence-electron chi connectivity index (χ0n) is 10.4. The van der Waals surface area contributed by atoms with Crippen molar-refractivity contribution in [2.45, 2.75) is 31.7 Å². The van der Waals surface area contributed by atoms with Crippen molar-refractivity contribution in [1.29, 1.82) is 0 Å². The van der Waals surface area contributed by atoms with Gasteiger partial charge in [-0.1, -0.05) is 0 Å². The van der Waals surface area contributed by atoms with Gasteiger partial charge in [0.05, 0.1) is 13.5 Å². The van der Waals surface area contributed by atoms with Crippen molar-refractivity contribution in [3.05, 3.63) is 18.0 Å². The minimum atomic E-state index is -0.431. The number of hydrogen-bond acceptors (Lipinski definition) is 4. The number of aromatic nitrogens is 2. The van der Waals surface area contributed by atoms with Crippen molar-refractivity contribution in [2.75, 3.05) is 13.7 Å². The van der Waals surface area contributed by atoms with Crippen molar-refractivity contribution in [2.24, 2.45) is 0 Å². The number of rotatable bonds is 3. The standard InChI is InChI=1S/C12H17N3O3/c1-18-12(17)10-4-2-3-7-15(10)11(16)8-9-5-6-13-14-9/h5-6,10H,2-4,7-8H2,1H3,(H,13,14). The summed E-state index contributed by atoms with van der Waals surface area (Å²) in [6.07, 6.45) is 4.42. The van der Waals surface area contributed by atoms with Crippen LogP contribution in [0.25, 0.3) is 0 Å². The second-order valence-electron chi connectivity index (χ2n) is 4.38. The van der Waals surface area contributed by atoms with Gasteiger partial charge in [0.2, 0.25) is 5.91 Å². The molecule has 2 heterocycles. The molecule has 1 aliphatic rings. The van der Waals surface area contributed by atoms with E-state index in [1.165, 1.54) is 7.11 Å². The fraction of sp³-hybridized carbons (Fsp3) is 0.583. The molecule has 1 N–H and O–H groups in total. The van der Waals surface area contributed by atoms with Gasteiger partial charge in [-0.25, -0.2) is 4.79 Å². The Balaban J connectivity index is 2.04. The van der Waals surface area contributed by atoms with Gasteiger partial charge in [0, 0.05) is 18.4 Å². The van der Waals surface area contributed by atoms with Crippen molar-refractivity contribution < 1.29 is 14.3 Å². The third-order valence-electron chi connectivity index (χ3n) is 3.20. The van der Waals surface area contributed by atoms with Gasteiger partial charge in [-0.15, -0.1) is 0 Å². The SMILES string of the molecule is COC(=O)C1CCCCN1C(=O)Cc1ccn[nH]1. The van der Waals surface area contributed by atoms with Crippen LogP contribution in [0.5, 0.6) is 0 Å². The smallest absolute Gasteiger partial charge is 0.328 e. The molecule has 1 saturated heterocycles. The van der Waals surface area contributed by atoms with Crippen LogP contribution in [-0.4, -0.2) is 46.7 Å². The second-order valence-corrected chi connectivity index (χ2v) is 4.38. The lowest BCUT2D eigenvalue weighted by Gasteiger charge is -2.33. The van der Waals surface area contributed by atoms with E-state index in [9.17, 15) is 9.59 Å². The number of amides is 1. The van der Waals surface area contributed by atoms with E-state index < -0.39 is 6.04 Å². The lowest BCUT2D eigenvalue weighted by molar-refractivity contribution is -0.154. The van der Waals surface area contributed by atoms with Crippen LogP contribution >= 0.6 is 0 Å². The Morgan fingerprint density at radius 1 is 1.56 bits per heavy atom. The molecule has 1 fully saturated rings. The normalized spacial score (nSPS) is 19.6. The highest BCUT2D eigenvalue weighted by atomic mass is 16.5. The molecular formula is C12H17N3O3. The van der Waals surface area contributed by atoms with E-state index in [0.29, 0.717) is 13.0 Å². The molecule has 0 saturated carbocycles. The van der Waals surface area contributed by atoms with Gasteiger partial charge in [0.15, 0.2) is 0 Å². The Kier molecular flexibility index (Phi) is 3.96. The molecule has 6 nitrogen and oxygen atoms in total. The molecule has 0 aromatic carbocycles. The molecule has 1 unspecified atom stereocenters. The molecular weight excluding hydrogens is 234 g/mol. The number of piperidine rings is 1. The largest absolute Gasteiger partial charge is 0.467 e. The zero-order valence-corrected chi connectivity index (χ0v) is 10.4. The van der Waals surface area contributed by atoms with Gasteiger partial charge in [-0.3, -0.25) is 9.89 Å². The van der Waals surface area contributed by atoms with Gasteiger partial charge in [0.1, 0.15) is 6.04 Å². The predicted octanol–water partition coefficient (Wildman–Crippen LogP) is 0.506. The first kappa shape index (κ1) is 12.6. The van der Waals surface area contributed by atoms with E-state index in [4.69, 9.17) is 4.74 Å². The molecule has 0 radical (unpaired) electrons. The number of methoxy groups -OCH3 is 1. The number of nitrogens with one attached hydrogen (secondary N) is 1. The van der Waals surface area contributed by atoms with Crippen LogP contribution in [0.2, 0.25) is 0 Å². The number of esters is 1. The topological polar surface area (TPSA) is 75.3 Å². The molecule has 6 heteroatoms. The summed E-state index contributed by atoms with van der Waals surface area (Å²) in [6.45, 7) is 0.618. The first-order valence-corrected chi connectivity index (χ1v) is 6.08. The predicted molar refractivity (Wildman–Crippen MR) is 63.7 cm³/mol. The number of carbonyl (C=O) groups excluding carboxylic acids is 2. The van der Waals surface area contributed by atoms with Crippen LogP contribution in [-0.2, 0) is 20.7 Å². The molecule has 18 heavy (non-hydrogen) atoms. The summed E-state index contributed by atoms with van der Waals surface area (Å²) in [7, 11) is 1.36. The summed E-state index contributed by atoms with van der Waals surface area (Å²) in [4.78, 5) is 25.4. The summed E-state index contributed by atoms with van der Waals surface area (Å²) in [5, 5.41) is 6.55. The third-order valence-corrected chi connectivity index (χ3v) is 3.20. The Morgan fingerprint density at radius 3 is 3.06 bits per heavy atom. The van der Waals surface area contributed by atoms with Gasteiger partial charge >= 0.3 is 5.97 Å². The Morgan fingerprint density at radius 2 is 2.39 bits per heavy atom. The molecule has 0 bridgehead atoms. The minimum Gasteiger partial charge on any atom is -0.467 e. The van der Waals surface area contributed by atoms with Crippen LogP contribution < -0.4 is 0 Å². The van der Waals surface area contributed by atoms with E-state index in [1.807, 2.05) is 0 Å². The fourth-order valence-electron chi connectivity index (χ4n) is 2.26. The minimum absolute atomic E-state index is 0.0608. The van der Waals surface area contributed by atoms with E-state index in [0.717, 1.165) is 18.5 Å². The third kappa shape index (κ3) is 2.69. The number of hydrogen-bond donors (Lipinski definition) is 1. The average Bonchev–Trinajstić information content (AvgIpc) is 2.90. The first-order valence-electron chi connectivity index (χ1n) is 6.08. The molecule has 0 spiro atoms. The van der Waals surface area contributed by atoms with E-state index in [2.05, 4.69) is 10.2 Å². The zero-order chi connectivity index (χ0) is 13.0.